The lowest BCUT2D eigenvalue weighted by Crippen LogP contribution is -2.32. The van der Waals surface area contributed by atoms with Crippen LogP contribution in [0.15, 0.2) is 48.5 Å². The molecule has 1 fully saturated rings. The van der Waals surface area contributed by atoms with Crippen molar-refractivity contribution in [3.8, 4) is 5.75 Å². The number of carbonyl (C=O) groups is 1. The second kappa shape index (κ2) is 9.24. The molecule has 1 aliphatic rings. The van der Waals surface area contributed by atoms with Crippen molar-refractivity contribution in [3.05, 3.63) is 65.2 Å². The Labute approximate surface area is 168 Å². The second-order valence-corrected chi connectivity index (χ2v) is 8.54. The van der Waals surface area contributed by atoms with Gasteiger partial charge in [-0.05, 0) is 40.7 Å². The van der Waals surface area contributed by atoms with E-state index < -0.39 is 0 Å². The SMILES string of the molecule is CC(C)(C)c1ccc(COc2ccc(CNCCN3CCCC3=O)cc2)cc1. The molecule has 3 rings (SSSR count). The van der Waals surface area contributed by atoms with Crippen molar-refractivity contribution in [3.63, 3.8) is 0 Å². The first-order chi connectivity index (χ1) is 13.4. The van der Waals surface area contributed by atoms with Crippen molar-refractivity contribution >= 4 is 5.91 Å². The van der Waals surface area contributed by atoms with Gasteiger partial charge >= 0.3 is 0 Å². The van der Waals surface area contributed by atoms with Crippen LogP contribution in [0.25, 0.3) is 0 Å². The minimum atomic E-state index is 0.174. The van der Waals surface area contributed by atoms with Crippen LogP contribution in [-0.2, 0) is 23.4 Å². The molecule has 0 aliphatic carbocycles. The zero-order valence-corrected chi connectivity index (χ0v) is 17.3. The maximum atomic E-state index is 11.6. The van der Waals surface area contributed by atoms with E-state index in [1.165, 1.54) is 16.7 Å². The number of nitrogens with one attached hydrogen (secondary N) is 1. The third-order valence-corrected chi connectivity index (χ3v) is 5.21. The van der Waals surface area contributed by atoms with Crippen molar-refractivity contribution in [1.29, 1.82) is 0 Å². The summed E-state index contributed by atoms with van der Waals surface area (Å²) < 4.78 is 5.91. The summed E-state index contributed by atoms with van der Waals surface area (Å²) >= 11 is 0. The molecule has 28 heavy (non-hydrogen) atoms. The molecule has 0 radical (unpaired) electrons. The minimum Gasteiger partial charge on any atom is -0.489 e. The predicted octanol–water partition coefficient (Wildman–Crippen LogP) is 4.28. The molecule has 0 aromatic heterocycles. The molecule has 1 saturated heterocycles. The molecular formula is C24H32N2O2. The summed E-state index contributed by atoms with van der Waals surface area (Å²) in [6.07, 6.45) is 1.71. The van der Waals surface area contributed by atoms with Gasteiger partial charge in [-0.1, -0.05) is 57.2 Å². The summed E-state index contributed by atoms with van der Waals surface area (Å²) in [6.45, 7) is 10.6. The normalized spacial score (nSPS) is 14.5. The van der Waals surface area contributed by atoms with Gasteiger partial charge in [0.25, 0.3) is 0 Å². The van der Waals surface area contributed by atoms with Crippen LogP contribution in [0, 0.1) is 0 Å². The molecule has 0 unspecified atom stereocenters. The van der Waals surface area contributed by atoms with Crippen molar-refractivity contribution in [1.82, 2.24) is 10.2 Å². The standard InChI is InChI=1S/C24H32N2O2/c1-24(2,3)21-10-6-20(7-11-21)18-28-22-12-8-19(9-13-22)17-25-14-16-26-15-4-5-23(26)27/h6-13,25H,4-5,14-18H2,1-3H3. The van der Waals surface area contributed by atoms with E-state index >= 15 is 0 Å². The molecule has 0 spiro atoms. The summed E-state index contributed by atoms with van der Waals surface area (Å²) in [5.41, 5.74) is 3.90. The van der Waals surface area contributed by atoms with Crippen LogP contribution in [0.3, 0.4) is 0 Å². The molecule has 0 saturated carbocycles. The first-order valence-corrected chi connectivity index (χ1v) is 10.2. The van der Waals surface area contributed by atoms with E-state index in [2.05, 4.69) is 62.5 Å². The number of benzene rings is 2. The summed E-state index contributed by atoms with van der Waals surface area (Å²) in [5, 5.41) is 3.41. The van der Waals surface area contributed by atoms with E-state index in [-0.39, 0.29) is 11.3 Å². The average Bonchev–Trinajstić information content (AvgIpc) is 3.09. The lowest BCUT2D eigenvalue weighted by Gasteiger charge is -2.19. The Bertz CT molecular complexity index is 761. The molecule has 2 aromatic carbocycles. The van der Waals surface area contributed by atoms with Crippen LogP contribution in [0.2, 0.25) is 0 Å². The zero-order valence-electron chi connectivity index (χ0n) is 17.3. The molecule has 1 N–H and O–H groups in total. The van der Waals surface area contributed by atoms with Gasteiger partial charge in [-0.2, -0.15) is 0 Å². The third kappa shape index (κ3) is 5.83. The summed E-state index contributed by atoms with van der Waals surface area (Å²) in [7, 11) is 0. The topological polar surface area (TPSA) is 41.6 Å². The molecule has 1 heterocycles. The van der Waals surface area contributed by atoms with Gasteiger partial charge in [0.1, 0.15) is 12.4 Å². The maximum Gasteiger partial charge on any atom is 0.222 e. The Balaban J connectivity index is 1.40. The van der Waals surface area contributed by atoms with Gasteiger partial charge in [0, 0.05) is 32.6 Å². The number of nitrogens with zero attached hydrogens (tertiary/aromatic N) is 1. The average molecular weight is 381 g/mol. The third-order valence-electron chi connectivity index (χ3n) is 5.21. The number of ether oxygens (including phenoxy) is 1. The molecule has 150 valence electrons. The van der Waals surface area contributed by atoms with Gasteiger partial charge in [0.05, 0.1) is 0 Å². The molecule has 2 aromatic rings. The lowest BCUT2D eigenvalue weighted by molar-refractivity contribution is -0.127. The molecular weight excluding hydrogens is 348 g/mol. The van der Waals surface area contributed by atoms with Gasteiger partial charge in [-0.25, -0.2) is 0 Å². The number of amides is 1. The second-order valence-electron chi connectivity index (χ2n) is 8.54. The fraction of sp³-hybridized carbons (Fsp3) is 0.458. The Morgan fingerprint density at radius 2 is 1.68 bits per heavy atom. The number of likely N-dealkylation sites (tertiary alicyclic amines) is 1. The number of rotatable bonds is 8. The Kier molecular flexibility index (Phi) is 6.74. The molecule has 0 bridgehead atoms. The van der Waals surface area contributed by atoms with Crippen molar-refractivity contribution < 1.29 is 9.53 Å². The first-order valence-electron chi connectivity index (χ1n) is 10.2. The van der Waals surface area contributed by atoms with Gasteiger partial charge in [-0.15, -0.1) is 0 Å². The minimum absolute atomic E-state index is 0.174. The van der Waals surface area contributed by atoms with Gasteiger partial charge < -0.3 is 15.0 Å². The summed E-state index contributed by atoms with van der Waals surface area (Å²) in [4.78, 5) is 13.5. The predicted molar refractivity (Wildman–Crippen MR) is 113 cm³/mol. The fourth-order valence-corrected chi connectivity index (χ4v) is 3.36. The van der Waals surface area contributed by atoms with E-state index in [0.29, 0.717) is 13.0 Å². The van der Waals surface area contributed by atoms with E-state index in [0.717, 1.165) is 38.3 Å². The largest absolute Gasteiger partial charge is 0.489 e. The Morgan fingerprint density at radius 3 is 2.29 bits per heavy atom. The highest BCUT2D eigenvalue weighted by Gasteiger charge is 2.18. The van der Waals surface area contributed by atoms with Crippen LogP contribution in [-0.4, -0.2) is 30.4 Å². The number of hydrogen-bond donors (Lipinski definition) is 1. The van der Waals surface area contributed by atoms with Crippen molar-refractivity contribution in [2.24, 2.45) is 0 Å². The van der Waals surface area contributed by atoms with Crippen molar-refractivity contribution in [2.45, 2.75) is 52.2 Å². The fourth-order valence-electron chi connectivity index (χ4n) is 3.36. The monoisotopic (exact) mass is 380 g/mol. The van der Waals surface area contributed by atoms with E-state index in [1.807, 2.05) is 17.0 Å². The van der Waals surface area contributed by atoms with E-state index in [1.54, 1.807) is 0 Å². The summed E-state index contributed by atoms with van der Waals surface area (Å²) in [6, 6.07) is 16.9. The van der Waals surface area contributed by atoms with Gasteiger partial charge in [0.15, 0.2) is 0 Å². The van der Waals surface area contributed by atoms with Crippen LogP contribution >= 0.6 is 0 Å². The van der Waals surface area contributed by atoms with Crippen molar-refractivity contribution in [2.75, 3.05) is 19.6 Å². The summed E-state index contributed by atoms with van der Waals surface area (Å²) in [5.74, 6) is 1.17. The van der Waals surface area contributed by atoms with Gasteiger partial charge in [-0.3, -0.25) is 4.79 Å². The molecule has 4 heteroatoms. The Morgan fingerprint density at radius 1 is 1.00 bits per heavy atom. The molecule has 1 amide bonds. The first kappa shape index (κ1) is 20.4. The zero-order chi connectivity index (χ0) is 20.0. The molecule has 0 atom stereocenters. The Hall–Kier alpha value is -2.33. The molecule has 1 aliphatic heterocycles. The van der Waals surface area contributed by atoms with Crippen LogP contribution in [0.5, 0.6) is 5.75 Å². The lowest BCUT2D eigenvalue weighted by atomic mass is 9.87. The highest BCUT2D eigenvalue weighted by atomic mass is 16.5. The number of hydrogen-bond acceptors (Lipinski definition) is 3. The smallest absolute Gasteiger partial charge is 0.222 e. The van der Waals surface area contributed by atoms with Crippen LogP contribution < -0.4 is 10.1 Å². The van der Waals surface area contributed by atoms with E-state index in [9.17, 15) is 4.79 Å². The van der Waals surface area contributed by atoms with E-state index in [4.69, 9.17) is 4.74 Å². The van der Waals surface area contributed by atoms with Crippen LogP contribution in [0.1, 0.15) is 50.3 Å². The molecule has 4 nitrogen and oxygen atoms in total. The highest BCUT2D eigenvalue weighted by Crippen LogP contribution is 2.22. The highest BCUT2D eigenvalue weighted by molar-refractivity contribution is 5.78. The van der Waals surface area contributed by atoms with Crippen LogP contribution in [0.4, 0.5) is 0 Å². The quantitative estimate of drug-likeness (QED) is 0.695. The number of carbonyl (C=O) groups excluding carboxylic acids is 1. The van der Waals surface area contributed by atoms with Gasteiger partial charge in [0.2, 0.25) is 5.91 Å². The maximum absolute atomic E-state index is 11.6.